The van der Waals surface area contributed by atoms with Crippen LogP contribution in [0.3, 0.4) is 0 Å². The van der Waals surface area contributed by atoms with Crippen molar-refractivity contribution >= 4 is 17.5 Å². The summed E-state index contributed by atoms with van der Waals surface area (Å²) >= 11 is 0. The first kappa shape index (κ1) is 10.0. The SMILES string of the molecule is CC(=O)C=Cc1ccccc1N=[N+]=[N-]. The molecule has 0 saturated heterocycles. The number of carbonyl (C=O) groups excluding carboxylic acids is 1. The highest BCUT2D eigenvalue weighted by Crippen LogP contribution is 2.19. The summed E-state index contributed by atoms with van der Waals surface area (Å²) < 4.78 is 0. The smallest absolute Gasteiger partial charge is 0.152 e. The number of rotatable bonds is 3. The number of azide groups is 1. The van der Waals surface area contributed by atoms with E-state index >= 15 is 0 Å². The Hall–Kier alpha value is -2.06. The van der Waals surface area contributed by atoms with E-state index in [2.05, 4.69) is 10.0 Å². The van der Waals surface area contributed by atoms with Gasteiger partial charge in [0, 0.05) is 10.6 Å². The second kappa shape index (κ2) is 4.84. The van der Waals surface area contributed by atoms with E-state index in [0.717, 1.165) is 5.56 Å². The van der Waals surface area contributed by atoms with Gasteiger partial charge in [-0.25, -0.2) is 0 Å². The summed E-state index contributed by atoms with van der Waals surface area (Å²) in [7, 11) is 0. The van der Waals surface area contributed by atoms with E-state index in [9.17, 15) is 4.79 Å². The molecule has 0 N–H and O–H groups in total. The molecule has 0 aromatic heterocycles. The highest BCUT2D eigenvalue weighted by atomic mass is 16.1. The van der Waals surface area contributed by atoms with E-state index in [1.165, 1.54) is 13.0 Å². The molecule has 4 nitrogen and oxygen atoms in total. The molecule has 0 aliphatic heterocycles. The summed E-state index contributed by atoms with van der Waals surface area (Å²) in [5.41, 5.74) is 9.55. The predicted octanol–water partition coefficient (Wildman–Crippen LogP) is 3.23. The van der Waals surface area contributed by atoms with Crippen LogP contribution in [0.25, 0.3) is 16.5 Å². The Morgan fingerprint density at radius 3 is 2.86 bits per heavy atom. The van der Waals surface area contributed by atoms with Gasteiger partial charge in [0.2, 0.25) is 0 Å². The lowest BCUT2D eigenvalue weighted by Crippen LogP contribution is -1.80. The first-order valence-electron chi connectivity index (χ1n) is 4.07. The van der Waals surface area contributed by atoms with Crippen LogP contribution in [0.4, 0.5) is 5.69 Å². The van der Waals surface area contributed by atoms with Crippen molar-refractivity contribution in [1.82, 2.24) is 0 Å². The molecule has 0 radical (unpaired) electrons. The fourth-order valence-electron chi connectivity index (χ4n) is 0.975. The highest BCUT2D eigenvalue weighted by Gasteiger charge is 1.94. The Balaban J connectivity index is 3.07. The van der Waals surface area contributed by atoms with Crippen LogP contribution in [0.5, 0.6) is 0 Å². The fourth-order valence-corrected chi connectivity index (χ4v) is 0.975. The number of ketones is 1. The van der Waals surface area contributed by atoms with Gasteiger partial charge in [0.25, 0.3) is 0 Å². The first-order chi connectivity index (χ1) is 6.74. The summed E-state index contributed by atoms with van der Waals surface area (Å²) in [6.45, 7) is 1.46. The highest BCUT2D eigenvalue weighted by molar-refractivity contribution is 5.92. The third kappa shape index (κ3) is 2.77. The Kier molecular flexibility index (Phi) is 3.47. The molecular weight excluding hydrogens is 178 g/mol. The molecule has 0 aliphatic carbocycles. The van der Waals surface area contributed by atoms with E-state index < -0.39 is 0 Å². The lowest BCUT2D eigenvalue weighted by Gasteiger charge is -1.96. The van der Waals surface area contributed by atoms with Crippen molar-refractivity contribution in [3.05, 3.63) is 46.3 Å². The molecule has 1 aromatic carbocycles. The van der Waals surface area contributed by atoms with Gasteiger partial charge in [0.05, 0.1) is 0 Å². The largest absolute Gasteiger partial charge is 0.295 e. The van der Waals surface area contributed by atoms with E-state index in [-0.39, 0.29) is 5.78 Å². The standard InChI is InChI=1S/C10H9N3O/c1-8(14)6-7-9-4-2-3-5-10(9)12-13-11/h2-7H,1H3. The van der Waals surface area contributed by atoms with Crippen LogP contribution in [0.2, 0.25) is 0 Å². The molecule has 1 aromatic rings. The summed E-state index contributed by atoms with van der Waals surface area (Å²) in [5.74, 6) is -0.0410. The molecule has 14 heavy (non-hydrogen) atoms. The van der Waals surface area contributed by atoms with Crippen LogP contribution >= 0.6 is 0 Å². The summed E-state index contributed by atoms with van der Waals surface area (Å²) in [5, 5.41) is 3.50. The molecule has 0 atom stereocenters. The molecule has 0 saturated carbocycles. The minimum Gasteiger partial charge on any atom is -0.295 e. The van der Waals surface area contributed by atoms with Gasteiger partial charge < -0.3 is 0 Å². The third-order valence-electron chi connectivity index (χ3n) is 1.59. The second-order valence-electron chi connectivity index (χ2n) is 2.69. The van der Waals surface area contributed by atoms with Crippen LogP contribution in [-0.4, -0.2) is 5.78 Å². The Morgan fingerprint density at radius 2 is 2.21 bits per heavy atom. The topological polar surface area (TPSA) is 65.8 Å². The van der Waals surface area contributed by atoms with Gasteiger partial charge in [-0.3, -0.25) is 4.79 Å². The van der Waals surface area contributed by atoms with Crippen LogP contribution in [-0.2, 0) is 4.79 Å². The number of hydrogen-bond acceptors (Lipinski definition) is 2. The number of hydrogen-bond donors (Lipinski definition) is 0. The summed E-state index contributed by atoms with van der Waals surface area (Å²) in [6, 6.07) is 7.06. The van der Waals surface area contributed by atoms with Gasteiger partial charge in [-0.2, -0.15) is 0 Å². The van der Waals surface area contributed by atoms with Gasteiger partial charge in [-0.1, -0.05) is 35.5 Å². The maximum absolute atomic E-state index is 10.7. The molecule has 0 fully saturated rings. The molecule has 0 amide bonds. The van der Waals surface area contributed by atoms with Gasteiger partial charge in [-0.15, -0.1) is 0 Å². The molecule has 0 bridgehead atoms. The Morgan fingerprint density at radius 1 is 1.50 bits per heavy atom. The Bertz CT molecular complexity index is 417. The number of benzene rings is 1. The van der Waals surface area contributed by atoms with Crippen molar-refractivity contribution in [2.75, 3.05) is 0 Å². The van der Waals surface area contributed by atoms with Gasteiger partial charge >= 0.3 is 0 Å². The minimum atomic E-state index is -0.0410. The first-order valence-corrected chi connectivity index (χ1v) is 4.07. The van der Waals surface area contributed by atoms with Crippen LogP contribution < -0.4 is 0 Å². The third-order valence-corrected chi connectivity index (χ3v) is 1.59. The normalized spacial score (nSPS) is 9.79. The Labute approximate surface area is 81.5 Å². The monoisotopic (exact) mass is 187 g/mol. The number of carbonyl (C=O) groups is 1. The fraction of sp³-hybridized carbons (Fsp3) is 0.100. The minimum absolute atomic E-state index is 0.0410. The molecule has 70 valence electrons. The van der Waals surface area contributed by atoms with Crippen molar-refractivity contribution in [2.45, 2.75) is 6.92 Å². The molecule has 0 aliphatic rings. The van der Waals surface area contributed by atoms with E-state index in [4.69, 9.17) is 5.53 Å². The molecule has 0 heterocycles. The zero-order valence-corrected chi connectivity index (χ0v) is 7.71. The molecular formula is C10H9N3O. The van der Waals surface area contributed by atoms with Crippen molar-refractivity contribution < 1.29 is 4.79 Å². The molecule has 4 heteroatoms. The van der Waals surface area contributed by atoms with Gasteiger partial charge in [0.1, 0.15) is 0 Å². The van der Waals surface area contributed by atoms with Crippen LogP contribution in [0.1, 0.15) is 12.5 Å². The van der Waals surface area contributed by atoms with Crippen molar-refractivity contribution in [3.8, 4) is 0 Å². The van der Waals surface area contributed by atoms with Crippen molar-refractivity contribution in [3.63, 3.8) is 0 Å². The lowest BCUT2D eigenvalue weighted by atomic mass is 10.1. The number of nitrogens with zero attached hydrogens (tertiary/aromatic N) is 3. The van der Waals surface area contributed by atoms with E-state index in [0.29, 0.717) is 5.69 Å². The average Bonchev–Trinajstić information content (AvgIpc) is 2.17. The van der Waals surface area contributed by atoms with Crippen molar-refractivity contribution in [2.24, 2.45) is 5.11 Å². The second-order valence-corrected chi connectivity index (χ2v) is 2.69. The molecule has 1 rings (SSSR count). The van der Waals surface area contributed by atoms with E-state index in [1.54, 1.807) is 24.3 Å². The maximum atomic E-state index is 10.7. The molecule has 0 spiro atoms. The quantitative estimate of drug-likeness (QED) is 0.310. The summed E-state index contributed by atoms with van der Waals surface area (Å²) in [6.07, 6.45) is 3.07. The predicted molar refractivity (Wildman–Crippen MR) is 55.0 cm³/mol. The summed E-state index contributed by atoms with van der Waals surface area (Å²) in [4.78, 5) is 13.4. The van der Waals surface area contributed by atoms with Crippen molar-refractivity contribution in [1.29, 1.82) is 0 Å². The molecule has 0 unspecified atom stereocenters. The number of allylic oxidation sites excluding steroid dienone is 1. The van der Waals surface area contributed by atoms with Crippen LogP contribution in [0, 0.1) is 0 Å². The lowest BCUT2D eigenvalue weighted by molar-refractivity contribution is -0.112. The van der Waals surface area contributed by atoms with Gasteiger partial charge in [0.15, 0.2) is 5.78 Å². The zero-order valence-electron chi connectivity index (χ0n) is 7.71. The zero-order chi connectivity index (χ0) is 10.4. The average molecular weight is 187 g/mol. The maximum Gasteiger partial charge on any atom is 0.152 e. The van der Waals surface area contributed by atoms with Crippen LogP contribution in [0.15, 0.2) is 35.5 Å². The van der Waals surface area contributed by atoms with Gasteiger partial charge in [-0.05, 0) is 24.1 Å². The van der Waals surface area contributed by atoms with E-state index in [1.807, 2.05) is 6.07 Å².